The third-order valence-corrected chi connectivity index (χ3v) is 4.67. The number of benzene rings is 1. The van der Waals surface area contributed by atoms with Crippen molar-refractivity contribution < 1.29 is 18.0 Å². The number of imide groups is 1. The average molecular weight is 348 g/mol. The number of halogens is 1. The van der Waals surface area contributed by atoms with E-state index in [0.29, 0.717) is 6.54 Å². The molecule has 2 amide bonds. The smallest absolute Gasteiger partial charge is 0.261 e. The molecule has 0 aliphatic carbocycles. The lowest BCUT2D eigenvalue weighted by molar-refractivity contribution is 0.0693. The second-order valence-electron chi connectivity index (χ2n) is 4.63. The van der Waals surface area contributed by atoms with E-state index < -0.39 is 21.8 Å². The van der Waals surface area contributed by atoms with Crippen molar-refractivity contribution in [3.05, 3.63) is 29.3 Å². The van der Waals surface area contributed by atoms with Crippen LogP contribution in [0.2, 0.25) is 0 Å². The minimum Gasteiger partial charge on any atom is -0.316 e. The molecule has 122 valence electrons. The van der Waals surface area contributed by atoms with Crippen molar-refractivity contribution in [1.82, 2.24) is 14.9 Å². The molecule has 0 saturated heterocycles. The van der Waals surface area contributed by atoms with Crippen molar-refractivity contribution in [3.8, 4) is 0 Å². The molecule has 0 unspecified atom stereocenters. The number of rotatable bonds is 6. The van der Waals surface area contributed by atoms with Crippen LogP contribution < -0.4 is 10.0 Å². The Morgan fingerprint density at radius 3 is 2.36 bits per heavy atom. The van der Waals surface area contributed by atoms with Gasteiger partial charge in [0.2, 0.25) is 10.0 Å². The largest absolute Gasteiger partial charge is 0.316 e. The first-order valence-corrected chi connectivity index (χ1v) is 8.03. The van der Waals surface area contributed by atoms with Crippen LogP contribution in [0.3, 0.4) is 0 Å². The number of hydrogen-bond donors (Lipinski definition) is 2. The Balaban J connectivity index is 0.00000242. The summed E-state index contributed by atoms with van der Waals surface area (Å²) in [6, 6.07) is 3.95. The van der Waals surface area contributed by atoms with Crippen LogP contribution in [0.5, 0.6) is 0 Å². The summed E-state index contributed by atoms with van der Waals surface area (Å²) in [5.74, 6) is -0.904. The Labute approximate surface area is 135 Å². The zero-order chi connectivity index (χ0) is 15.6. The highest BCUT2D eigenvalue weighted by atomic mass is 35.5. The number of hydrogen-bond acceptors (Lipinski definition) is 5. The fourth-order valence-corrected chi connectivity index (χ4v) is 3.10. The van der Waals surface area contributed by atoms with Crippen molar-refractivity contribution in [2.45, 2.75) is 11.8 Å². The van der Waals surface area contributed by atoms with Gasteiger partial charge in [-0.1, -0.05) is 6.92 Å². The number of likely N-dealkylation sites (N-methyl/N-ethyl adjacent to an activating group) is 1. The van der Waals surface area contributed by atoms with E-state index in [-0.39, 0.29) is 35.0 Å². The second kappa shape index (κ2) is 7.19. The average Bonchev–Trinajstić information content (AvgIpc) is 2.68. The molecule has 0 saturated carbocycles. The molecule has 1 heterocycles. The van der Waals surface area contributed by atoms with Gasteiger partial charge in [0.15, 0.2) is 0 Å². The zero-order valence-electron chi connectivity index (χ0n) is 12.3. The second-order valence-corrected chi connectivity index (χ2v) is 6.39. The quantitative estimate of drug-likeness (QED) is 0.567. The Bertz CT molecular complexity index is 691. The van der Waals surface area contributed by atoms with Gasteiger partial charge in [-0.25, -0.2) is 13.1 Å². The van der Waals surface area contributed by atoms with Crippen LogP contribution >= 0.6 is 12.4 Å². The molecular formula is C13H18ClN3O4S. The van der Waals surface area contributed by atoms with Crippen molar-refractivity contribution in [3.63, 3.8) is 0 Å². The molecule has 2 N–H and O–H groups in total. The van der Waals surface area contributed by atoms with E-state index in [1.165, 1.54) is 25.2 Å². The molecule has 1 aliphatic heterocycles. The van der Waals surface area contributed by atoms with Gasteiger partial charge in [-0.05, 0) is 24.7 Å². The SMILES string of the molecule is CCNCCNS(=O)(=O)c1ccc2c(c1)C(=O)N(C)C2=O.Cl. The molecule has 7 nitrogen and oxygen atoms in total. The lowest BCUT2D eigenvalue weighted by Gasteiger charge is -2.07. The Morgan fingerprint density at radius 1 is 1.09 bits per heavy atom. The third-order valence-electron chi connectivity index (χ3n) is 3.22. The zero-order valence-corrected chi connectivity index (χ0v) is 13.9. The third kappa shape index (κ3) is 3.46. The molecule has 0 atom stereocenters. The van der Waals surface area contributed by atoms with Gasteiger partial charge in [-0.2, -0.15) is 0 Å². The Morgan fingerprint density at radius 2 is 1.73 bits per heavy atom. The Kier molecular flexibility index (Phi) is 6.07. The molecule has 1 aromatic carbocycles. The summed E-state index contributed by atoms with van der Waals surface area (Å²) < 4.78 is 26.7. The van der Waals surface area contributed by atoms with Crippen molar-refractivity contribution in [2.24, 2.45) is 0 Å². The van der Waals surface area contributed by atoms with Crippen molar-refractivity contribution in [1.29, 1.82) is 0 Å². The van der Waals surface area contributed by atoms with E-state index in [0.717, 1.165) is 11.4 Å². The normalized spacial score (nSPS) is 14.0. The predicted octanol–water partition coefficient (Wildman–Crippen LogP) is 0.222. The first kappa shape index (κ1) is 18.6. The maximum absolute atomic E-state index is 12.1. The highest BCUT2D eigenvalue weighted by Gasteiger charge is 2.33. The van der Waals surface area contributed by atoms with Gasteiger partial charge in [0.1, 0.15) is 0 Å². The van der Waals surface area contributed by atoms with Crippen LogP contribution in [0.15, 0.2) is 23.1 Å². The van der Waals surface area contributed by atoms with Gasteiger partial charge >= 0.3 is 0 Å². The van der Waals surface area contributed by atoms with Gasteiger partial charge in [-0.3, -0.25) is 14.5 Å². The van der Waals surface area contributed by atoms with Crippen LogP contribution in [0.4, 0.5) is 0 Å². The summed E-state index contributed by atoms with van der Waals surface area (Å²) in [5, 5.41) is 3.00. The molecule has 0 radical (unpaired) electrons. The highest BCUT2D eigenvalue weighted by Crippen LogP contribution is 2.24. The minimum absolute atomic E-state index is 0. The van der Waals surface area contributed by atoms with Crippen molar-refractivity contribution in [2.75, 3.05) is 26.7 Å². The van der Waals surface area contributed by atoms with E-state index in [1.807, 2.05) is 6.92 Å². The van der Waals surface area contributed by atoms with E-state index in [1.54, 1.807) is 0 Å². The van der Waals surface area contributed by atoms with E-state index >= 15 is 0 Å². The van der Waals surface area contributed by atoms with E-state index in [4.69, 9.17) is 0 Å². The van der Waals surface area contributed by atoms with Crippen LogP contribution in [0.25, 0.3) is 0 Å². The van der Waals surface area contributed by atoms with Gasteiger partial charge < -0.3 is 5.32 Å². The van der Waals surface area contributed by atoms with Crippen LogP contribution in [-0.2, 0) is 10.0 Å². The number of fused-ring (bicyclic) bond motifs is 1. The standard InChI is InChI=1S/C13H17N3O4S.ClH/c1-3-14-6-7-15-21(19,20)9-4-5-10-11(8-9)13(18)16(2)12(10)17;/h4-5,8,14-15H,3,6-7H2,1-2H3;1H. The number of sulfonamides is 1. The molecule has 0 bridgehead atoms. The number of carbonyl (C=O) groups excluding carboxylic acids is 2. The van der Waals surface area contributed by atoms with Crippen LogP contribution in [-0.4, -0.2) is 51.8 Å². The number of carbonyl (C=O) groups is 2. The molecule has 22 heavy (non-hydrogen) atoms. The highest BCUT2D eigenvalue weighted by molar-refractivity contribution is 7.89. The molecule has 0 aromatic heterocycles. The lowest BCUT2D eigenvalue weighted by Crippen LogP contribution is -2.31. The fourth-order valence-electron chi connectivity index (χ4n) is 2.04. The first-order valence-electron chi connectivity index (χ1n) is 6.55. The summed E-state index contributed by atoms with van der Waals surface area (Å²) in [6.45, 7) is 3.44. The fraction of sp³-hybridized carbons (Fsp3) is 0.385. The van der Waals surface area contributed by atoms with Crippen LogP contribution in [0, 0.1) is 0 Å². The summed E-state index contributed by atoms with van der Waals surface area (Å²) in [4.78, 5) is 24.6. The summed E-state index contributed by atoms with van der Waals surface area (Å²) >= 11 is 0. The van der Waals surface area contributed by atoms with Gasteiger partial charge in [0, 0.05) is 20.1 Å². The minimum atomic E-state index is -3.69. The van der Waals surface area contributed by atoms with Crippen LogP contribution in [0.1, 0.15) is 27.6 Å². The molecule has 2 rings (SSSR count). The molecule has 1 aliphatic rings. The number of amides is 2. The molecule has 0 fully saturated rings. The van der Waals surface area contributed by atoms with E-state index in [9.17, 15) is 18.0 Å². The molecule has 9 heteroatoms. The monoisotopic (exact) mass is 347 g/mol. The van der Waals surface area contributed by atoms with Gasteiger partial charge in [-0.15, -0.1) is 12.4 Å². The maximum atomic E-state index is 12.1. The summed E-state index contributed by atoms with van der Waals surface area (Å²) in [7, 11) is -2.32. The van der Waals surface area contributed by atoms with Gasteiger partial charge in [0.05, 0.1) is 16.0 Å². The maximum Gasteiger partial charge on any atom is 0.261 e. The number of nitrogens with zero attached hydrogens (tertiary/aromatic N) is 1. The van der Waals surface area contributed by atoms with Crippen molar-refractivity contribution >= 4 is 34.2 Å². The molecular weight excluding hydrogens is 330 g/mol. The Hall–Kier alpha value is -1.48. The topological polar surface area (TPSA) is 95.6 Å². The summed E-state index contributed by atoms with van der Waals surface area (Å²) in [6.07, 6.45) is 0. The molecule has 0 spiro atoms. The van der Waals surface area contributed by atoms with Gasteiger partial charge in [0.25, 0.3) is 11.8 Å². The number of nitrogens with one attached hydrogen (secondary N) is 2. The lowest BCUT2D eigenvalue weighted by atomic mass is 10.1. The first-order chi connectivity index (χ1) is 9.88. The van der Waals surface area contributed by atoms with E-state index in [2.05, 4.69) is 10.0 Å². The predicted molar refractivity (Wildman–Crippen MR) is 83.8 cm³/mol. The summed E-state index contributed by atoms with van der Waals surface area (Å²) in [5.41, 5.74) is 0.353. The molecule has 1 aromatic rings.